The van der Waals surface area contributed by atoms with Crippen molar-refractivity contribution in [3.05, 3.63) is 41.0 Å². The van der Waals surface area contributed by atoms with Gasteiger partial charge in [0, 0.05) is 18.4 Å². The lowest BCUT2D eigenvalue weighted by Crippen LogP contribution is -2.51. The summed E-state index contributed by atoms with van der Waals surface area (Å²) in [6.07, 6.45) is 2.93. The lowest BCUT2D eigenvalue weighted by molar-refractivity contribution is -0.151. The summed E-state index contributed by atoms with van der Waals surface area (Å²) in [6, 6.07) is 4.09. The summed E-state index contributed by atoms with van der Waals surface area (Å²) < 4.78 is 16.0. The summed E-state index contributed by atoms with van der Waals surface area (Å²) in [5, 5.41) is 2.54. The number of alkyl carbamates (subject to hydrolysis) is 1. The number of nitrogens with zero attached hydrogens (tertiary/aromatic N) is 2. The summed E-state index contributed by atoms with van der Waals surface area (Å²) in [5.41, 5.74) is 2.79. The number of allylic oxidation sites excluding steroid dienone is 1. The lowest BCUT2D eigenvalue weighted by Gasteiger charge is -2.27. The molecule has 0 unspecified atom stereocenters. The van der Waals surface area contributed by atoms with Crippen molar-refractivity contribution in [3.8, 4) is 0 Å². The molecule has 0 spiro atoms. The molecule has 1 aromatic rings. The third-order valence-corrected chi connectivity index (χ3v) is 6.83. The van der Waals surface area contributed by atoms with Gasteiger partial charge in [-0.3, -0.25) is 9.69 Å². The SMILES string of the molecule is COC(=O)[C@@H]1C[C@@H]2CN1C(=O)[C@H](C)NC(=O)OCC(C)(C)C/C=C/c1cccc3c1CN(C3)C(=O)O2. The summed E-state index contributed by atoms with van der Waals surface area (Å²) >= 11 is 0. The van der Waals surface area contributed by atoms with Crippen LogP contribution in [0.2, 0.25) is 0 Å². The third-order valence-electron chi connectivity index (χ3n) is 6.83. The summed E-state index contributed by atoms with van der Waals surface area (Å²) in [5.74, 6) is -1.09. The molecule has 3 atom stereocenters. The lowest BCUT2D eigenvalue weighted by atomic mass is 9.90. The minimum atomic E-state index is -0.950. The van der Waals surface area contributed by atoms with Gasteiger partial charge in [-0.15, -0.1) is 0 Å². The first kappa shape index (κ1) is 25.5. The number of hydrogen-bond acceptors (Lipinski definition) is 7. The van der Waals surface area contributed by atoms with E-state index in [1.807, 2.05) is 44.2 Å². The van der Waals surface area contributed by atoms with Gasteiger partial charge >= 0.3 is 18.2 Å². The molecule has 10 heteroatoms. The van der Waals surface area contributed by atoms with Gasteiger partial charge < -0.3 is 24.4 Å². The number of fused-ring (bicyclic) bond motifs is 3. The molecule has 0 aliphatic carbocycles. The van der Waals surface area contributed by atoms with Crippen molar-refractivity contribution in [1.82, 2.24) is 15.1 Å². The van der Waals surface area contributed by atoms with Crippen LogP contribution in [-0.2, 0) is 36.9 Å². The van der Waals surface area contributed by atoms with Crippen molar-refractivity contribution in [1.29, 1.82) is 0 Å². The van der Waals surface area contributed by atoms with E-state index in [4.69, 9.17) is 14.2 Å². The molecule has 0 saturated carbocycles. The van der Waals surface area contributed by atoms with Crippen molar-refractivity contribution < 1.29 is 33.4 Å². The molecular formula is C26H33N3O7. The Kier molecular flexibility index (Phi) is 7.23. The molecule has 3 aliphatic heterocycles. The van der Waals surface area contributed by atoms with Crippen LogP contribution < -0.4 is 5.32 Å². The van der Waals surface area contributed by atoms with Crippen molar-refractivity contribution in [2.24, 2.45) is 5.41 Å². The fraction of sp³-hybridized carbons (Fsp3) is 0.538. The van der Waals surface area contributed by atoms with Crippen LogP contribution in [0.1, 0.15) is 50.3 Å². The second-order valence-electron chi connectivity index (χ2n) is 10.3. The number of carbonyl (C=O) groups is 4. The van der Waals surface area contributed by atoms with Crippen LogP contribution in [0.15, 0.2) is 24.3 Å². The highest BCUT2D eigenvalue weighted by Gasteiger charge is 2.44. The molecule has 3 heterocycles. The Hall–Kier alpha value is -3.56. The maximum atomic E-state index is 13.1. The molecule has 0 radical (unpaired) electrons. The molecule has 0 aromatic heterocycles. The molecule has 1 N–H and O–H groups in total. The van der Waals surface area contributed by atoms with Gasteiger partial charge in [0.25, 0.3) is 0 Å². The van der Waals surface area contributed by atoms with E-state index in [-0.39, 0.29) is 25.0 Å². The Bertz CT molecular complexity index is 1080. The highest BCUT2D eigenvalue weighted by Crippen LogP contribution is 2.30. The monoisotopic (exact) mass is 499 g/mol. The number of amides is 3. The number of benzene rings is 1. The first-order valence-corrected chi connectivity index (χ1v) is 12.1. The van der Waals surface area contributed by atoms with Gasteiger partial charge in [-0.25, -0.2) is 14.4 Å². The molecule has 194 valence electrons. The Balaban J connectivity index is 1.61. The number of esters is 1. The number of nitrogens with one attached hydrogen (secondary N) is 1. The van der Waals surface area contributed by atoms with Crippen LogP contribution in [0.5, 0.6) is 0 Å². The summed E-state index contributed by atoms with van der Waals surface area (Å²) in [6.45, 7) is 6.50. The Morgan fingerprint density at radius 3 is 2.72 bits per heavy atom. The fourth-order valence-electron chi connectivity index (χ4n) is 4.79. The maximum absolute atomic E-state index is 13.1. The van der Waals surface area contributed by atoms with Crippen LogP contribution in [0, 0.1) is 5.41 Å². The van der Waals surface area contributed by atoms with Gasteiger partial charge in [0.1, 0.15) is 18.2 Å². The van der Waals surface area contributed by atoms with E-state index < -0.39 is 42.3 Å². The first-order chi connectivity index (χ1) is 17.1. The second kappa shape index (κ2) is 10.2. The van der Waals surface area contributed by atoms with E-state index in [1.165, 1.54) is 18.9 Å². The van der Waals surface area contributed by atoms with Gasteiger partial charge in [-0.2, -0.15) is 0 Å². The highest BCUT2D eigenvalue weighted by molar-refractivity contribution is 5.90. The average molecular weight is 500 g/mol. The summed E-state index contributed by atoms with van der Waals surface area (Å²) in [4.78, 5) is 53.9. The molecule has 1 aromatic carbocycles. The van der Waals surface area contributed by atoms with E-state index in [0.717, 1.165) is 16.7 Å². The average Bonchev–Trinajstić information content (AvgIpc) is 3.46. The van der Waals surface area contributed by atoms with Gasteiger partial charge in [-0.05, 0) is 30.0 Å². The molecule has 4 rings (SSSR count). The minimum absolute atomic E-state index is 0.0210. The quantitative estimate of drug-likeness (QED) is 0.467. The number of cyclic esters (lactones) is 1. The Labute approximate surface area is 210 Å². The van der Waals surface area contributed by atoms with Crippen LogP contribution in [0.3, 0.4) is 0 Å². The van der Waals surface area contributed by atoms with E-state index in [9.17, 15) is 19.2 Å². The highest BCUT2D eigenvalue weighted by atomic mass is 16.6. The van der Waals surface area contributed by atoms with Crippen molar-refractivity contribution in [2.75, 3.05) is 20.3 Å². The van der Waals surface area contributed by atoms with Crippen LogP contribution >= 0.6 is 0 Å². The van der Waals surface area contributed by atoms with Crippen LogP contribution in [0.25, 0.3) is 6.08 Å². The van der Waals surface area contributed by atoms with E-state index in [0.29, 0.717) is 19.5 Å². The number of rotatable bonds is 1. The maximum Gasteiger partial charge on any atom is 0.410 e. The van der Waals surface area contributed by atoms with Gasteiger partial charge in [0.2, 0.25) is 5.91 Å². The first-order valence-electron chi connectivity index (χ1n) is 12.1. The fourth-order valence-corrected chi connectivity index (χ4v) is 4.79. The van der Waals surface area contributed by atoms with Crippen molar-refractivity contribution in [3.63, 3.8) is 0 Å². The minimum Gasteiger partial charge on any atom is -0.467 e. The Morgan fingerprint density at radius 1 is 1.19 bits per heavy atom. The molecule has 3 aliphatic rings. The topological polar surface area (TPSA) is 114 Å². The van der Waals surface area contributed by atoms with Crippen molar-refractivity contribution >= 4 is 30.1 Å². The summed E-state index contributed by atoms with van der Waals surface area (Å²) in [7, 11) is 1.24. The number of hydrogen-bond donors (Lipinski definition) is 1. The predicted molar refractivity (Wildman–Crippen MR) is 129 cm³/mol. The zero-order valence-electron chi connectivity index (χ0n) is 21.1. The van der Waals surface area contributed by atoms with E-state index in [1.54, 1.807) is 4.90 Å². The van der Waals surface area contributed by atoms with Crippen LogP contribution in [0.4, 0.5) is 9.59 Å². The molecule has 10 nitrogen and oxygen atoms in total. The normalized spacial score (nSPS) is 27.2. The van der Waals surface area contributed by atoms with Crippen molar-refractivity contribution in [2.45, 2.75) is 64.9 Å². The van der Waals surface area contributed by atoms with E-state index in [2.05, 4.69) is 5.32 Å². The van der Waals surface area contributed by atoms with Crippen LogP contribution in [-0.4, -0.2) is 72.3 Å². The smallest absolute Gasteiger partial charge is 0.410 e. The standard InChI is InChI=1S/C26H33N3O7/c1-16-22(30)29-13-19(11-21(29)23(31)34-4)36-25(33)28-12-18-8-5-7-17(20(18)14-28)9-6-10-26(2,3)15-35-24(32)27-16/h5-9,16,19,21H,10-15H2,1-4H3,(H,27,32)/b9-6+/t16-,19+,21-/m0/s1. The molecular weight excluding hydrogens is 466 g/mol. The molecule has 1 fully saturated rings. The molecule has 3 amide bonds. The predicted octanol–water partition coefficient (Wildman–Crippen LogP) is 2.84. The van der Waals surface area contributed by atoms with Gasteiger partial charge in [0.05, 0.1) is 26.8 Å². The molecule has 1 saturated heterocycles. The molecule has 4 bridgehead atoms. The van der Waals surface area contributed by atoms with Gasteiger partial charge in [0.15, 0.2) is 0 Å². The number of ether oxygens (including phenoxy) is 3. The molecule has 36 heavy (non-hydrogen) atoms. The third kappa shape index (κ3) is 5.47. The van der Waals surface area contributed by atoms with E-state index >= 15 is 0 Å². The number of carbonyl (C=O) groups excluding carboxylic acids is 4. The second-order valence-corrected chi connectivity index (χ2v) is 10.3. The largest absolute Gasteiger partial charge is 0.467 e. The number of methoxy groups -OCH3 is 1. The van der Waals surface area contributed by atoms with Gasteiger partial charge in [-0.1, -0.05) is 44.2 Å². The zero-order valence-corrected chi connectivity index (χ0v) is 21.1. The Morgan fingerprint density at radius 2 is 1.97 bits per heavy atom. The zero-order chi connectivity index (χ0) is 26.0.